The molecular weight excluding hydrogens is 226 g/mol. The topological polar surface area (TPSA) is 69.0 Å². The summed E-state index contributed by atoms with van der Waals surface area (Å²) >= 11 is 0. The van der Waals surface area contributed by atoms with Crippen LogP contribution in [0.5, 0.6) is 0 Å². The average Bonchev–Trinajstić information content (AvgIpc) is 2.70. The van der Waals surface area contributed by atoms with Gasteiger partial charge in [-0.25, -0.2) is 0 Å². The van der Waals surface area contributed by atoms with Crippen LogP contribution >= 0.6 is 0 Å². The lowest BCUT2D eigenvalue weighted by Gasteiger charge is -2.11. The predicted octanol–water partition coefficient (Wildman–Crippen LogP) is 3.46. The number of azide groups is 1. The zero-order chi connectivity index (χ0) is 13.0. The van der Waals surface area contributed by atoms with Crippen LogP contribution in [0.1, 0.15) is 18.4 Å². The highest BCUT2D eigenvalue weighted by Crippen LogP contribution is 2.37. The summed E-state index contributed by atoms with van der Waals surface area (Å²) in [5.41, 5.74) is 11.6. The van der Waals surface area contributed by atoms with E-state index in [0.29, 0.717) is 12.8 Å². The van der Waals surface area contributed by atoms with E-state index in [9.17, 15) is 5.11 Å². The molecule has 92 valence electrons. The molecule has 0 saturated carbocycles. The summed E-state index contributed by atoms with van der Waals surface area (Å²) in [4.78, 5) is 2.80. The molecule has 1 aromatic rings. The largest absolute Gasteiger partial charge is 0.388 e. The molecule has 2 rings (SSSR count). The van der Waals surface area contributed by atoms with Crippen LogP contribution in [-0.4, -0.2) is 17.3 Å². The van der Waals surface area contributed by atoms with Crippen LogP contribution < -0.4 is 0 Å². The maximum absolute atomic E-state index is 10.2. The van der Waals surface area contributed by atoms with Crippen LogP contribution in [0.25, 0.3) is 16.0 Å². The molecule has 0 heterocycles. The van der Waals surface area contributed by atoms with Crippen molar-refractivity contribution in [3.05, 3.63) is 64.6 Å². The van der Waals surface area contributed by atoms with Crippen molar-refractivity contribution in [2.24, 2.45) is 5.11 Å². The van der Waals surface area contributed by atoms with Crippen LogP contribution in [0, 0.1) is 0 Å². The zero-order valence-electron chi connectivity index (χ0n) is 10.0. The Bertz CT molecular complexity index is 515. The molecule has 0 fully saturated rings. The monoisotopic (exact) mass is 241 g/mol. The van der Waals surface area contributed by atoms with Gasteiger partial charge in [0.1, 0.15) is 0 Å². The fourth-order valence-electron chi connectivity index (χ4n) is 2.37. The van der Waals surface area contributed by atoms with Crippen LogP contribution in [-0.2, 0) is 0 Å². The lowest BCUT2D eigenvalue weighted by atomic mass is 10.00. The number of nitrogens with zero attached hydrogens (tertiary/aromatic N) is 3. The van der Waals surface area contributed by atoms with E-state index in [0.717, 1.165) is 16.7 Å². The van der Waals surface area contributed by atoms with Gasteiger partial charge in [-0.15, -0.1) is 6.58 Å². The molecule has 0 radical (unpaired) electrons. The first-order valence-electron chi connectivity index (χ1n) is 5.88. The van der Waals surface area contributed by atoms with Crippen molar-refractivity contribution in [2.45, 2.75) is 25.0 Å². The van der Waals surface area contributed by atoms with Gasteiger partial charge in [0, 0.05) is 4.91 Å². The lowest BCUT2D eigenvalue weighted by Crippen LogP contribution is -2.19. The van der Waals surface area contributed by atoms with E-state index in [4.69, 9.17) is 5.53 Å². The second-order valence-electron chi connectivity index (χ2n) is 4.28. The summed E-state index contributed by atoms with van der Waals surface area (Å²) in [5, 5.41) is 13.8. The molecule has 18 heavy (non-hydrogen) atoms. The Morgan fingerprint density at radius 3 is 2.78 bits per heavy atom. The Kier molecular flexibility index (Phi) is 3.82. The van der Waals surface area contributed by atoms with Gasteiger partial charge >= 0.3 is 0 Å². The third-order valence-corrected chi connectivity index (χ3v) is 3.21. The van der Waals surface area contributed by atoms with Crippen molar-refractivity contribution in [3.63, 3.8) is 0 Å². The summed E-state index contributed by atoms with van der Waals surface area (Å²) in [5.74, 6) is 0. The van der Waals surface area contributed by atoms with Gasteiger partial charge in [0.05, 0.1) is 12.1 Å². The van der Waals surface area contributed by atoms with Gasteiger partial charge in [-0.3, -0.25) is 0 Å². The highest BCUT2D eigenvalue weighted by molar-refractivity contribution is 5.73. The minimum absolute atomic E-state index is 0.403. The molecule has 0 aliphatic heterocycles. The molecule has 0 saturated heterocycles. The fourth-order valence-corrected chi connectivity index (χ4v) is 2.37. The maximum Gasteiger partial charge on any atom is 0.0846 e. The molecule has 1 aliphatic carbocycles. The van der Waals surface area contributed by atoms with E-state index in [2.05, 4.69) is 16.6 Å². The highest BCUT2D eigenvalue weighted by Gasteiger charge is 2.32. The zero-order valence-corrected chi connectivity index (χ0v) is 10.0. The Balaban J connectivity index is 2.40. The fraction of sp³-hybridized carbons (Fsp3) is 0.286. The quantitative estimate of drug-likeness (QED) is 0.373. The van der Waals surface area contributed by atoms with Gasteiger partial charge in [0.15, 0.2) is 0 Å². The minimum atomic E-state index is -0.700. The third-order valence-electron chi connectivity index (χ3n) is 3.21. The highest BCUT2D eigenvalue weighted by atomic mass is 16.3. The summed E-state index contributed by atoms with van der Waals surface area (Å²) in [6, 6.07) is 9.48. The van der Waals surface area contributed by atoms with Gasteiger partial charge in [0.2, 0.25) is 0 Å². The van der Waals surface area contributed by atoms with Crippen molar-refractivity contribution in [1.82, 2.24) is 0 Å². The summed E-state index contributed by atoms with van der Waals surface area (Å²) in [7, 11) is 0. The number of aliphatic hydroxyl groups excluding tert-OH is 1. The number of aliphatic hydroxyl groups is 1. The van der Waals surface area contributed by atoms with Gasteiger partial charge in [0.25, 0.3) is 0 Å². The van der Waals surface area contributed by atoms with Crippen LogP contribution in [0.15, 0.2) is 53.7 Å². The molecule has 1 aromatic carbocycles. The normalized spacial score (nSPS) is 22.7. The van der Waals surface area contributed by atoms with Crippen LogP contribution in [0.2, 0.25) is 0 Å². The second-order valence-corrected chi connectivity index (χ2v) is 4.28. The molecule has 1 aliphatic rings. The Morgan fingerprint density at radius 2 is 2.17 bits per heavy atom. The molecular formula is C14H15N3O. The molecule has 0 spiro atoms. The molecule has 2 atom stereocenters. The Hall–Kier alpha value is -2.03. The van der Waals surface area contributed by atoms with Crippen molar-refractivity contribution in [3.8, 4) is 0 Å². The summed E-state index contributed by atoms with van der Waals surface area (Å²) in [6.45, 7) is 3.71. The average molecular weight is 241 g/mol. The number of allylic oxidation sites excluding steroid dienone is 1. The van der Waals surface area contributed by atoms with E-state index >= 15 is 0 Å². The number of hydrogen-bond acceptors (Lipinski definition) is 2. The van der Waals surface area contributed by atoms with Crippen LogP contribution in [0.4, 0.5) is 0 Å². The Labute approximate surface area is 106 Å². The lowest BCUT2D eigenvalue weighted by molar-refractivity contribution is 0.189. The van der Waals surface area contributed by atoms with Crippen molar-refractivity contribution in [2.75, 3.05) is 0 Å². The maximum atomic E-state index is 10.2. The SMILES string of the molecule is C=CCC1=C(c2ccccc2)C[C@@H](N=[N+]=[N-])[C@@H]1O. The van der Waals surface area contributed by atoms with Crippen molar-refractivity contribution < 1.29 is 5.11 Å². The second kappa shape index (κ2) is 5.54. The number of hydrogen-bond donors (Lipinski definition) is 1. The molecule has 0 amide bonds. The summed E-state index contributed by atoms with van der Waals surface area (Å²) in [6.07, 6.45) is 2.26. The van der Waals surface area contributed by atoms with Crippen molar-refractivity contribution in [1.29, 1.82) is 0 Å². The van der Waals surface area contributed by atoms with E-state index < -0.39 is 12.1 Å². The van der Waals surface area contributed by atoms with E-state index in [1.165, 1.54) is 0 Å². The Morgan fingerprint density at radius 1 is 1.44 bits per heavy atom. The van der Waals surface area contributed by atoms with Gasteiger partial charge in [-0.2, -0.15) is 0 Å². The molecule has 1 N–H and O–H groups in total. The molecule has 4 heteroatoms. The third kappa shape index (κ3) is 2.30. The first kappa shape index (κ1) is 12.4. The van der Waals surface area contributed by atoms with Crippen LogP contribution in [0.3, 0.4) is 0 Å². The van der Waals surface area contributed by atoms with Gasteiger partial charge < -0.3 is 5.11 Å². The van der Waals surface area contributed by atoms with Crippen molar-refractivity contribution >= 4 is 5.57 Å². The van der Waals surface area contributed by atoms with E-state index in [1.807, 2.05) is 30.3 Å². The molecule has 4 nitrogen and oxygen atoms in total. The minimum Gasteiger partial charge on any atom is -0.388 e. The summed E-state index contributed by atoms with van der Waals surface area (Å²) < 4.78 is 0. The number of benzene rings is 1. The smallest absolute Gasteiger partial charge is 0.0846 e. The predicted molar refractivity (Wildman–Crippen MR) is 71.7 cm³/mol. The van der Waals surface area contributed by atoms with E-state index in [1.54, 1.807) is 6.08 Å². The standard InChI is InChI=1S/C14H15N3O/c1-2-6-11-12(10-7-4-3-5-8-10)9-13(14(11)18)16-17-15/h2-5,7-8,13-14,18H,1,6,9H2/t13-,14-/m1/s1. The van der Waals surface area contributed by atoms with Gasteiger partial charge in [-0.1, -0.05) is 41.5 Å². The molecule has 0 unspecified atom stereocenters. The first-order valence-corrected chi connectivity index (χ1v) is 5.88. The first-order chi connectivity index (χ1) is 8.77. The van der Waals surface area contributed by atoms with Gasteiger partial charge in [-0.05, 0) is 35.1 Å². The molecule has 0 bridgehead atoms. The number of rotatable bonds is 4. The molecule has 0 aromatic heterocycles. The van der Waals surface area contributed by atoms with E-state index in [-0.39, 0.29) is 0 Å².